The fourth-order valence-electron chi connectivity index (χ4n) is 1.86. The molecule has 0 saturated heterocycles. The highest BCUT2D eigenvalue weighted by molar-refractivity contribution is 5.76. The molecule has 1 atom stereocenters. The van der Waals surface area contributed by atoms with E-state index in [1.807, 2.05) is 35.7 Å². The first kappa shape index (κ1) is 11.4. The van der Waals surface area contributed by atoms with Crippen molar-refractivity contribution in [3.8, 4) is 0 Å². The van der Waals surface area contributed by atoms with Crippen LogP contribution in [0.5, 0.6) is 0 Å². The molecule has 3 heterocycles. The molecule has 3 rings (SSSR count). The third-order valence-corrected chi connectivity index (χ3v) is 2.81. The van der Waals surface area contributed by atoms with Crippen molar-refractivity contribution in [2.45, 2.75) is 13.0 Å². The molecule has 0 spiro atoms. The quantitative estimate of drug-likeness (QED) is 0.748. The molecule has 0 aromatic carbocycles. The number of hydrogen-bond donors (Lipinski definition) is 1. The SMILES string of the molecule is CC(NC(=O)n1ccnc1)c1nnc2ccccn12. The molecule has 1 N–H and O–H groups in total. The Bertz CT molecular complexity index is 702. The van der Waals surface area contributed by atoms with E-state index >= 15 is 0 Å². The van der Waals surface area contributed by atoms with Gasteiger partial charge in [0.25, 0.3) is 0 Å². The van der Waals surface area contributed by atoms with Crippen molar-refractivity contribution in [2.75, 3.05) is 0 Å². The van der Waals surface area contributed by atoms with Gasteiger partial charge in [-0.15, -0.1) is 10.2 Å². The molecule has 0 aliphatic heterocycles. The number of nitrogens with zero attached hydrogens (tertiary/aromatic N) is 5. The van der Waals surface area contributed by atoms with Crippen LogP contribution in [0.1, 0.15) is 18.8 Å². The van der Waals surface area contributed by atoms with Gasteiger partial charge in [-0.2, -0.15) is 0 Å². The average Bonchev–Trinajstić information content (AvgIpc) is 3.08. The highest BCUT2D eigenvalue weighted by atomic mass is 16.2. The van der Waals surface area contributed by atoms with Crippen molar-refractivity contribution in [2.24, 2.45) is 0 Å². The number of fused-ring (bicyclic) bond motifs is 1. The van der Waals surface area contributed by atoms with E-state index in [-0.39, 0.29) is 12.1 Å². The zero-order chi connectivity index (χ0) is 13.2. The summed E-state index contributed by atoms with van der Waals surface area (Å²) in [4.78, 5) is 15.7. The van der Waals surface area contributed by atoms with Crippen LogP contribution in [0, 0.1) is 0 Å². The van der Waals surface area contributed by atoms with Gasteiger partial charge in [0, 0.05) is 18.6 Å². The molecule has 19 heavy (non-hydrogen) atoms. The number of pyridine rings is 1. The molecule has 96 valence electrons. The van der Waals surface area contributed by atoms with Crippen LogP contribution in [-0.4, -0.2) is 30.2 Å². The second-order valence-electron chi connectivity index (χ2n) is 4.13. The second-order valence-corrected chi connectivity index (χ2v) is 4.13. The summed E-state index contributed by atoms with van der Waals surface area (Å²) in [6.07, 6.45) is 6.45. The van der Waals surface area contributed by atoms with Gasteiger partial charge in [-0.1, -0.05) is 6.07 Å². The van der Waals surface area contributed by atoms with Crippen molar-refractivity contribution < 1.29 is 4.79 Å². The summed E-state index contributed by atoms with van der Waals surface area (Å²) in [6.45, 7) is 1.86. The van der Waals surface area contributed by atoms with Crippen LogP contribution < -0.4 is 5.32 Å². The lowest BCUT2D eigenvalue weighted by Crippen LogP contribution is -2.31. The first-order valence-electron chi connectivity index (χ1n) is 5.84. The molecule has 0 aliphatic carbocycles. The zero-order valence-corrected chi connectivity index (χ0v) is 10.3. The first-order valence-corrected chi connectivity index (χ1v) is 5.84. The van der Waals surface area contributed by atoms with Gasteiger partial charge in [0.1, 0.15) is 6.33 Å². The number of carbonyl (C=O) groups is 1. The standard InChI is InChI=1S/C12H12N6O/c1-9(14-12(19)17-7-5-13-8-17)11-16-15-10-4-2-3-6-18(10)11/h2-9H,1H3,(H,14,19). The Morgan fingerprint density at radius 2 is 2.21 bits per heavy atom. The number of aromatic nitrogens is 5. The van der Waals surface area contributed by atoms with Crippen LogP contribution in [0.25, 0.3) is 5.65 Å². The second kappa shape index (κ2) is 4.52. The van der Waals surface area contributed by atoms with Gasteiger partial charge in [-0.3, -0.25) is 8.97 Å². The summed E-state index contributed by atoms with van der Waals surface area (Å²) >= 11 is 0. The van der Waals surface area contributed by atoms with E-state index in [9.17, 15) is 4.79 Å². The largest absolute Gasteiger partial charge is 0.328 e. The Morgan fingerprint density at radius 1 is 1.32 bits per heavy atom. The van der Waals surface area contributed by atoms with Gasteiger partial charge in [0.15, 0.2) is 11.5 Å². The third kappa shape index (κ3) is 2.05. The molecule has 0 radical (unpaired) electrons. The van der Waals surface area contributed by atoms with Crippen LogP contribution in [-0.2, 0) is 0 Å². The molecule has 0 fully saturated rings. The van der Waals surface area contributed by atoms with Gasteiger partial charge >= 0.3 is 6.03 Å². The lowest BCUT2D eigenvalue weighted by atomic mass is 10.3. The van der Waals surface area contributed by atoms with E-state index in [4.69, 9.17) is 0 Å². The minimum Gasteiger partial charge on any atom is -0.328 e. The number of nitrogens with one attached hydrogen (secondary N) is 1. The number of carbonyl (C=O) groups excluding carboxylic acids is 1. The summed E-state index contributed by atoms with van der Waals surface area (Å²) in [6, 6.07) is 5.14. The Morgan fingerprint density at radius 3 is 3.00 bits per heavy atom. The van der Waals surface area contributed by atoms with Crippen molar-refractivity contribution in [3.05, 3.63) is 48.9 Å². The van der Waals surface area contributed by atoms with Crippen LogP contribution in [0.4, 0.5) is 4.79 Å². The lowest BCUT2D eigenvalue weighted by molar-refractivity contribution is 0.239. The predicted molar refractivity (Wildman–Crippen MR) is 67.6 cm³/mol. The molecular weight excluding hydrogens is 244 g/mol. The summed E-state index contributed by atoms with van der Waals surface area (Å²) < 4.78 is 3.22. The molecule has 7 heteroatoms. The normalized spacial score (nSPS) is 12.5. The van der Waals surface area contributed by atoms with Gasteiger partial charge in [0.2, 0.25) is 0 Å². The van der Waals surface area contributed by atoms with E-state index < -0.39 is 0 Å². The van der Waals surface area contributed by atoms with Gasteiger partial charge in [-0.25, -0.2) is 9.78 Å². The smallest absolute Gasteiger partial charge is 0.327 e. The van der Waals surface area contributed by atoms with E-state index in [1.54, 1.807) is 12.4 Å². The van der Waals surface area contributed by atoms with E-state index in [2.05, 4.69) is 20.5 Å². The van der Waals surface area contributed by atoms with E-state index in [0.717, 1.165) is 5.65 Å². The maximum atomic E-state index is 11.9. The first-order chi connectivity index (χ1) is 9.25. The van der Waals surface area contributed by atoms with Crippen molar-refractivity contribution in [3.63, 3.8) is 0 Å². The van der Waals surface area contributed by atoms with Gasteiger partial charge in [-0.05, 0) is 19.1 Å². The molecule has 1 unspecified atom stereocenters. The summed E-state index contributed by atoms with van der Waals surface area (Å²) in [5.41, 5.74) is 0.751. The number of imidazole rings is 1. The minimum atomic E-state index is -0.257. The summed E-state index contributed by atoms with van der Waals surface area (Å²) in [7, 11) is 0. The topological polar surface area (TPSA) is 77.1 Å². The maximum absolute atomic E-state index is 11.9. The van der Waals surface area contributed by atoms with Crippen LogP contribution in [0.2, 0.25) is 0 Å². The third-order valence-electron chi connectivity index (χ3n) is 2.81. The molecule has 0 saturated carbocycles. The lowest BCUT2D eigenvalue weighted by Gasteiger charge is -2.12. The molecule has 1 amide bonds. The van der Waals surface area contributed by atoms with E-state index in [1.165, 1.54) is 10.9 Å². The maximum Gasteiger partial charge on any atom is 0.327 e. The van der Waals surface area contributed by atoms with E-state index in [0.29, 0.717) is 5.82 Å². The Labute approximate surface area is 108 Å². The summed E-state index contributed by atoms with van der Waals surface area (Å²) in [5.74, 6) is 0.684. The van der Waals surface area contributed by atoms with Crippen LogP contribution in [0.15, 0.2) is 43.1 Å². The average molecular weight is 256 g/mol. The fourth-order valence-corrected chi connectivity index (χ4v) is 1.86. The monoisotopic (exact) mass is 256 g/mol. The number of amides is 1. The molecule has 3 aromatic heterocycles. The Hall–Kier alpha value is -2.70. The number of hydrogen-bond acceptors (Lipinski definition) is 4. The highest BCUT2D eigenvalue weighted by Gasteiger charge is 2.16. The fraction of sp³-hybridized carbons (Fsp3) is 0.167. The predicted octanol–water partition coefficient (Wildman–Crippen LogP) is 1.24. The molecule has 7 nitrogen and oxygen atoms in total. The molecular formula is C12H12N6O. The van der Waals surface area contributed by atoms with Gasteiger partial charge < -0.3 is 5.32 Å². The zero-order valence-electron chi connectivity index (χ0n) is 10.3. The van der Waals surface area contributed by atoms with Crippen molar-refractivity contribution in [1.29, 1.82) is 0 Å². The number of rotatable bonds is 2. The van der Waals surface area contributed by atoms with Crippen LogP contribution in [0.3, 0.4) is 0 Å². The van der Waals surface area contributed by atoms with Gasteiger partial charge in [0.05, 0.1) is 6.04 Å². The Balaban J connectivity index is 1.84. The minimum absolute atomic E-state index is 0.252. The van der Waals surface area contributed by atoms with Crippen LogP contribution >= 0.6 is 0 Å². The highest BCUT2D eigenvalue weighted by Crippen LogP contribution is 2.11. The Kier molecular flexibility index (Phi) is 2.71. The molecule has 3 aromatic rings. The summed E-state index contributed by atoms with van der Waals surface area (Å²) in [5, 5.41) is 11.0. The molecule has 0 aliphatic rings. The van der Waals surface area contributed by atoms with Crippen molar-refractivity contribution >= 4 is 11.7 Å². The van der Waals surface area contributed by atoms with Crippen molar-refractivity contribution in [1.82, 2.24) is 29.5 Å². The molecule has 0 bridgehead atoms.